The summed E-state index contributed by atoms with van der Waals surface area (Å²) in [4.78, 5) is 27.6. The molecule has 2 rings (SSSR count). The van der Waals surface area contributed by atoms with Gasteiger partial charge in [-0.15, -0.1) is 0 Å². The number of ketones is 1. The topological polar surface area (TPSA) is 59.1 Å². The van der Waals surface area contributed by atoms with Crippen LogP contribution >= 0.6 is 0 Å². The third kappa shape index (κ3) is 2.88. The van der Waals surface area contributed by atoms with E-state index < -0.39 is 11.7 Å². The van der Waals surface area contributed by atoms with Gasteiger partial charge < -0.3 is 5.32 Å². The summed E-state index contributed by atoms with van der Waals surface area (Å²) in [5.41, 5.74) is 1.36. The number of hydrogen-bond donors (Lipinski definition) is 1. The summed E-state index contributed by atoms with van der Waals surface area (Å²) in [7, 11) is 0. The van der Waals surface area contributed by atoms with Crippen molar-refractivity contribution in [3.63, 3.8) is 0 Å². The number of rotatable bonds is 3. The van der Waals surface area contributed by atoms with Crippen molar-refractivity contribution in [2.75, 3.05) is 5.32 Å². The van der Waals surface area contributed by atoms with Crippen LogP contribution in [0.1, 0.15) is 33.3 Å². The summed E-state index contributed by atoms with van der Waals surface area (Å²) in [5, 5.41) is 2.55. The monoisotopic (exact) mass is 272 g/mol. The van der Waals surface area contributed by atoms with Gasteiger partial charge >= 0.3 is 0 Å². The first-order valence-electron chi connectivity index (χ1n) is 6.02. The number of carbonyl (C=O) groups excluding carboxylic acids is 2. The number of aromatic nitrogens is 1. The summed E-state index contributed by atoms with van der Waals surface area (Å²) >= 11 is 0. The summed E-state index contributed by atoms with van der Waals surface area (Å²) in [6.07, 6.45) is 1.58. The Morgan fingerprint density at radius 2 is 1.95 bits per heavy atom. The minimum absolute atomic E-state index is 0.158. The number of amides is 1. The number of anilines is 1. The number of nitrogens with one attached hydrogen (secondary N) is 1. The largest absolute Gasteiger partial charge is 0.321 e. The van der Waals surface area contributed by atoms with Gasteiger partial charge in [0.25, 0.3) is 5.91 Å². The summed E-state index contributed by atoms with van der Waals surface area (Å²) in [5.74, 6) is -1.19. The van der Waals surface area contributed by atoms with Crippen LogP contribution in [0, 0.1) is 12.7 Å². The molecule has 1 heterocycles. The van der Waals surface area contributed by atoms with E-state index >= 15 is 0 Å². The molecular formula is C15H13FN2O2. The van der Waals surface area contributed by atoms with Crippen molar-refractivity contribution in [1.29, 1.82) is 0 Å². The minimum Gasteiger partial charge on any atom is -0.321 e. The molecule has 4 nitrogen and oxygen atoms in total. The number of Topliss-reactive ketones (excluding diaryl/α,β-unsaturated/α-hetero) is 1. The Hall–Kier alpha value is -2.56. The van der Waals surface area contributed by atoms with Gasteiger partial charge in [-0.2, -0.15) is 0 Å². The SMILES string of the molecule is CC(=O)c1ccc(F)cc1NC(=O)c1cccnc1C. The molecular weight excluding hydrogens is 259 g/mol. The lowest BCUT2D eigenvalue weighted by Gasteiger charge is -2.10. The van der Waals surface area contributed by atoms with E-state index in [-0.39, 0.29) is 17.0 Å². The quantitative estimate of drug-likeness (QED) is 0.874. The fourth-order valence-corrected chi connectivity index (χ4v) is 1.84. The summed E-state index contributed by atoms with van der Waals surface area (Å²) in [6.45, 7) is 3.06. The van der Waals surface area contributed by atoms with Crippen molar-refractivity contribution >= 4 is 17.4 Å². The highest BCUT2D eigenvalue weighted by atomic mass is 19.1. The van der Waals surface area contributed by atoms with E-state index in [2.05, 4.69) is 10.3 Å². The zero-order valence-corrected chi connectivity index (χ0v) is 11.1. The van der Waals surface area contributed by atoms with Crippen LogP contribution in [0.15, 0.2) is 36.5 Å². The van der Waals surface area contributed by atoms with Crippen molar-refractivity contribution in [3.8, 4) is 0 Å². The average Bonchev–Trinajstić information content (AvgIpc) is 2.38. The number of benzene rings is 1. The summed E-state index contributed by atoms with van der Waals surface area (Å²) < 4.78 is 13.3. The smallest absolute Gasteiger partial charge is 0.257 e. The second kappa shape index (κ2) is 5.61. The Morgan fingerprint density at radius 1 is 1.20 bits per heavy atom. The fourth-order valence-electron chi connectivity index (χ4n) is 1.84. The van der Waals surface area contributed by atoms with Gasteiger partial charge in [0.2, 0.25) is 0 Å². The lowest BCUT2D eigenvalue weighted by Crippen LogP contribution is -2.16. The first-order chi connectivity index (χ1) is 9.49. The Balaban J connectivity index is 2.35. The predicted octanol–water partition coefficient (Wildman–Crippen LogP) is 2.98. The van der Waals surface area contributed by atoms with Crippen LogP contribution in [0.3, 0.4) is 0 Å². The minimum atomic E-state index is -0.520. The molecule has 5 heteroatoms. The van der Waals surface area contributed by atoms with Gasteiger partial charge in [0.1, 0.15) is 5.82 Å². The average molecular weight is 272 g/mol. The van der Waals surface area contributed by atoms with E-state index in [4.69, 9.17) is 0 Å². The predicted molar refractivity (Wildman–Crippen MR) is 73.3 cm³/mol. The van der Waals surface area contributed by atoms with Crippen molar-refractivity contribution in [3.05, 3.63) is 59.2 Å². The maximum atomic E-state index is 13.3. The second-order valence-electron chi connectivity index (χ2n) is 4.34. The van der Waals surface area contributed by atoms with Gasteiger partial charge in [-0.05, 0) is 44.2 Å². The molecule has 1 aromatic carbocycles. The van der Waals surface area contributed by atoms with E-state index in [0.717, 1.165) is 6.07 Å². The van der Waals surface area contributed by atoms with Crippen molar-refractivity contribution in [2.45, 2.75) is 13.8 Å². The molecule has 0 saturated carbocycles. The van der Waals surface area contributed by atoms with Crippen LogP contribution in [-0.2, 0) is 0 Å². The lowest BCUT2D eigenvalue weighted by molar-refractivity contribution is 0.101. The fraction of sp³-hybridized carbons (Fsp3) is 0.133. The van der Waals surface area contributed by atoms with Crippen LogP contribution in [0.25, 0.3) is 0 Å². The lowest BCUT2D eigenvalue weighted by atomic mass is 10.1. The third-order valence-corrected chi connectivity index (χ3v) is 2.86. The molecule has 2 aromatic rings. The molecule has 0 aliphatic rings. The van der Waals surface area contributed by atoms with Crippen molar-refractivity contribution < 1.29 is 14.0 Å². The van der Waals surface area contributed by atoms with E-state index in [9.17, 15) is 14.0 Å². The Bertz CT molecular complexity index is 683. The zero-order chi connectivity index (χ0) is 14.7. The van der Waals surface area contributed by atoms with Crippen LogP contribution in [0.5, 0.6) is 0 Å². The van der Waals surface area contributed by atoms with Crippen LogP contribution in [0.4, 0.5) is 10.1 Å². The molecule has 102 valence electrons. The van der Waals surface area contributed by atoms with Crippen LogP contribution < -0.4 is 5.32 Å². The zero-order valence-electron chi connectivity index (χ0n) is 11.1. The molecule has 0 fully saturated rings. The molecule has 0 saturated heterocycles. The molecule has 1 aromatic heterocycles. The van der Waals surface area contributed by atoms with Gasteiger partial charge in [-0.25, -0.2) is 4.39 Å². The van der Waals surface area contributed by atoms with Gasteiger partial charge in [0, 0.05) is 17.5 Å². The maximum absolute atomic E-state index is 13.3. The summed E-state index contributed by atoms with van der Waals surface area (Å²) in [6, 6.07) is 6.91. The molecule has 0 aliphatic heterocycles. The Labute approximate surface area is 115 Å². The molecule has 0 aliphatic carbocycles. The van der Waals surface area contributed by atoms with E-state index in [1.165, 1.54) is 19.1 Å². The van der Waals surface area contributed by atoms with Gasteiger partial charge in [-0.3, -0.25) is 14.6 Å². The van der Waals surface area contributed by atoms with Gasteiger partial charge in [0.05, 0.1) is 11.3 Å². The standard InChI is InChI=1S/C15H13FN2O2/c1-9-12(4-3-7-17-9)15(20)18-14-8-11(16)5-6-13(14)10(2)19/h3-8H,1-2H3,(H,18,20). The number of hydrogen-bond acceptors (Lipinski definition) is 3. The molecule has 20 heavy (non-hydrogen) atoms. The molecule has 0 spiro atoms. The third-order valence-electron chi connectivity index (χ3n) is 2.86. The second-order valence-corrected chi connectivity index (χ2v) is 4.34. The normalized spacial score (nSPS) is 10.2. The van der Waals surface area contributed by atoms with Crippen molar-refractivity contribution in [2.24, 2.45) is 0 Å². The number of aryl methyl sites for hydroxylation is 1. The highest BCUT2D eigenvalue weighted by Gasteiger charge is 2.14. The van der Waals surface area contributed by atoms with Crippen molar-refractivity contribution in [1.82, 2.24) is 4.98 Å². The Morgan fingerprint density at radius 3 is 2.60 bits per heavy atom. The first kappa shape index (κ1) is 13.9. The number of pyridine rings is 1. The molecule has 0 atom stereocenters. The Kier molecular flexibility index (Phi) is 3.89. The van der Waals surface area contributed by atoms with E-state index in [0.29, 0.717) is 11.3 Å². The van der Waals surface area contributed by atoms with Gasteiger partial charge in [-0.1, -0.05) is 0 Å². The highest BCUT2D eigenvalue weighted by Crippen LogP contribution is 2.19. The molecule has 1 amide bonds. The molecule has 0 radical (unpaired) electrons. The van der Waals surface area contributed by atoms with E-state index in [1.54, 1.807) is 25.3 Å². The number of carbonyl (C=O) groups is 2. The van der Waals surface area contributed by atoms with Gasteiger partial charge in [0.15, 0.2) is 5.78 Å². The highest BCUT2D eigenvalue weighted by molar-refractivity contribution is 6.09. The van der Waals surface area contributed by atoms with E-state index in [1.807, 2.05) is 0 Å². The number of halogens is 1. The molecule has 1 N–H and O–H groups in total. The number of nitrogens with zero attached hydrogens (tertiary/aromatic N) is 1. The van der Waals surface area contributed by atoms with Crippen LogP contribution in [0.2, 0.25) is 0 Å². The molecule has 0 bridgehead atoms. The first-order valence-corrected chi connectivity index (χ1v) is 6.02. The maximum Gasteiger partial charge on any atom is 0.257 e. The van der Waals surface area contributed by atoms with Crippen LogP contribution in [-0.4, -0.2) is 16.7 Å². The molecule has 0 unspecified atom stereocenters.